The number of rotatable bonds is 2. The third-order valence-corrected chi connectivity index (χ3v) is 2.95. The zero-order valence-corrected chi connectivity index (χ0v) is 9.53. The summed E-state index contributed by atoms with van der Waals surface area (Å²) in [7, 11) is 0. The molecule has 1 aromatic carbocycles. The van der Waals surface area contributed by atoms with Gasteiger partial charge >= 0.3 is 0 Å². The molecule has 1 aromatic rings. The smallest absolute Gasteiger partial charge is 0.248 e. The van der Waals surface area contributed by atoms with Crippen LogP contribution in [0.3, 0.4) is 0 Å². The summed E-state index contributed by atoms with van der Waals surface area (Å²) >= 11 is 0. The quantitative estimate of drug-likeness (QED) is 0.776. The SMILES string of the molecule is Cc1cccc(N2CC(C)(CO)C(=O)N2)c1. The van der Waals surface area contributed by atoms with E-state index < -0.39 is 5.41 Å². The molecule has 16 heavy (non-hydrogen) atoms. The van der Waals surface area contributed by atoms with E-state index in [4.69, 9.17) is 0 Å². The molecule has 1 aliphatic rings. The molecular formula is C12H16N2O2. The molecule has 1 atom stereocenters. The van der Waals surface area contributed by atoms with E-state index in [1.54, 1.807) is 11.9 Å². The number of hydrazine groups is 1. The van der Waals surface area contributed by atoms with E-state index in [9.17, 15) is 9.90 Å². The maximum atomic E-state index is 11.7. The number of nitrogens with one attached hydrogen (secondary N) is 1. The van der Waals surface area contributed by atoms with Crippen molar-refractivity contribution in [1.29, 1.82) is 0 Å². The lowest BCUT2D eigenvalue weighted by Gasteiger charge is -2.20. The van der Waals surface area contributed by atoms with E-state index in [0.29, 0.717) is 6.54 Å². The van der Waals surface area contributed by atoms with Crippen LogP contribution in [0.4, 0.5) is 5.69 Å². The Morgan fingerprint density at radius 2 is 2.31 bits per heavy atom. The van der Waals surface area contributed by atoms with Crippen LogP contribution in [0.5, 0.6) is 0 Å². The minimum atomic E-state index is -0.705. The topological polar surface area (TPSA) is 52.6 Å². The van der Waals surface area contributed by atoms with Crippen molar-refractivity contribution in [2.45, 2.75) is 13.8 Å². The Hall–Kier alpha value is -1.55. The lowest BCUT2D eigenvalue weighted by Crippen LogP contribution is -2.34. The van der Waals surface area contributed by atoms with Gasteiger partial charge in [-0.3, -0.25) is 15.2 Å². The van der Waals surface area contributed by atoms with Crippen molar-refractivity contribution in [3.05, 3.63) is 29.8 Å². The number of amides is 1. The molecule has 2 rings (SSSR count). The van der Waals surface area contributed by atoms with Gasteiger partial charge in [0.1, 0.15) is 0 Å². The van der Waals surface area contributed by atoms with E-state index in [-0.39, 0.29) is 12.5 Å². The third-order valence-electron chi connectivity index (χ3n) is 2.95. The molecule has 1 fully saturated rings. The maximum Gasteiger partial charge on any atom is 0.248 e. The van der Waals surface area contributed by atoms with Crippen LogP contribution in [0, 0.1) is 12.3 Å². The minimum absolute atomic E-state index is 0.128. The normalized spacial score (nSPS) is 24.7. The number of aliphatic hydroxyl groups is 1. The number of carbonyl (C=O) groups is 1. The van der Waals surface area contributed by atoms with Crippen LogP contribution in [0.1, 0.15) is 12.5 Å². The largest absolute Gasteiger partial charge is 0.395 e. The first-order valence-corrected chi connectivity index (χ1v) is 5.31. The van der Waals surface area contributed by atoms with E-state index in [1.807, 2.05) is 31.2 Å². The molecule has 1 unspecified atom stereocenters. The van der Waals surface area contributed by atoms with Gasteiger partial charge in [0.15, 0.2) is 0 Å². The summed E-state index contributed by atoms with van der Waals surface area (Å²) in [5, 5.41) is 11.0. The zero-order valence-electron chi connectivity index (χ0n) is 9.53. The number of aryl methyl sites for hydroxylation is 1. The predicted molar refractivity (Wildman–Crippen MR) is 61.9 cm³/mol. The van der Waals surface area contributed by atoms with Gasteiger partial charge in [-0.25, -0.2) is 0 Å². The fourth-order valence-electron chi connectivity index (χ4n) is 1.79. The molecule has 0 radical (unpaired) electrons. The molecular weight excluding hydrogens is 204 g/mol. The van der Waals surface area contributed by atoms with Crippen LogP contribution in [-0.2, 0) is 4.79 Å². The Bertz CT molecular complexity index is 419. The van der Waals surface area contributed by atoms with E-state index in [0.717, 1.165) is 11.3 Å². The first kappa shape index (κ1) is 11.0. The van der Waals surface area contributed by atoms with Crippen LogP contribution < -0.4 is 10.4 Å². The summed E-state index contributed by atoms with van der Waals surface area (Å²) in [6.07, 6.45) is 0. The van der Waals surface area contributed by atoms with Crippen molar-refractivity contribution >= 4 is 11.6 Å². The van der Waals surface area contributed by atoms with Gasteiger partial charge in [0, 0.05) is 0 Å². The van der Waals surface area contributed by atoms with Gasteiger partial charge in [0.2, 0.25) is 5.91 Å². The van der Waals surface area contributed by atoms with Crippen LogP contribution in [0.15, 0.2) is 24.3 Å². The Morgan fingerprint density at radius 1 is 1.56 bits per heavy atom. The second kappa shape index (κ2) is 3.79. The van der Waals surface area contributed by atoms with Crippen molar-refractivity contribution < 1.29 is 9.90 Å². The number of hydrogen-bond acceptors (Lipinski definition) is 3. The molecule has 1 amide bonds. The highest BCUT2D eigenvalue weighted by Crippen LogP contribution is 2.27. The summed E-state index contributed by atoms with van der Waals surface area (Å²) in [6, 6.07) is 7.90. The molecule has 4 nitrogen and oxygen atoms in total. The van der Waals surface area contributed by atoms with Crippen molar-refractivity contribution in [3.63, 3.8) is 0 Å². The highest BCUT2D eigenvalue weighted by atomic mass is 16.3. The van der Waals surface area contributed by atoms with Crippen LogP contribution >= 0.6 is 0 Å². The van der Waals surface area contributed by atoms with Gasteiger partial charge in [0.25, 0.3) is 0 Å². The maximum absolute atomic E-state index is 11.7. The molecule has 86 valence electrons. The summed E-state index contributed by atoms with van der Waals surface area (Å²) in [5.41, 5.74) is 4.16. The molecule has 0 saturated carbocycles. The number of nitrogens with zero attached hydrogens (tertiary/aromatic N) is 1. The van der Waals surface area contributed by atoms with Gasteiger partial charge in [-0.05, 0) is 31.5 Å². The lowest BCUT2D eigenvalue weighted by molar-refractivity contribution is -0.128. The van der Waals surface area contributed by atoms with Crippen molar-refractivity contribution in [3.8, 4) is 0 Å². The van der Waals surface area contributed by atoms with E-state index in [2.05, 4.69) is 5.43 Å². The average Bonchev–Trinajstić information content (AvgIpc) is 2.56. The van der Waals surface area contributed by atoms with E-state index >= 15 is 0 Å². The lowest BCUT2D eigenvalue weighted by atomic mass is 9.92. The van der Waals surface area contributed by atoms with E-state index in [1.165, 1.54) is 0 Å². The number of anilines is 1. The standard InChI is InChI=1S/C12H16N2O2/c1-9-4-3-5-10(6-9)14-7-12(2,8-15)11(16)13-14/h3-6,15H,7-8H2,1-2H3,(H,13,16). The van der Waals surface area contributed by atoms with Crippen LogP contribution in [0.25, 0.3) is 0 Å². The van der Waals surface area contributed by atoms with Crippen LogP contribution in [0.2, 0.25) is 0 Å². The molecule has 0 bridgehead atoms. The highest BCUT2D eigenvalue weighted by molar-refractivity contribution is 5.87. The van der Waals surface area contributed by atoms with Gasteiger partial charge in [-0.15, -0.1) is 0 Å². The molecule has 0 spiro atoms. The van der Waals surface area contributed by atoms with Crippen molar-refractivity contribution in [1.82, 2.24) is 5.43 Å². The monoisotopic (exact) mass is 220 g/mol. The Balaban J connectivity index is 2.23. The van der Waals surface area contributed by atoms with Crippen LogP contribution in [-0.4, -0.2) is 24.2 Å². The zero-order chi connectivity index (χ0) is 11.8. The number of hydrogen-bond donors (Lipinski definition) is 2. The molecule has 1 heterocycles. The van der Waals surface area contributed by atoms with Gasteiger partial charge in [-0.1, -0.05) is 12.1 Å². The molecule has 0 aromatic heterocycles. The van der Waals surface area contributed by atoms with Crippen molar-refractivity contribution in [2.75, 3.05) is 18.2 Å². The number of benzene rings is 1. The second-order valence-electron chi connectivity index (χ2n) is 4.58. The first-order valence-electron chi connectivity index (χ1n) is 5.31. The molecule has 1 saturated heterocycles. The fourth-order valence-corrected chi connectivity index (χ4v) is 1.79. The summed E-state index contributed by atoms with van der Waals surface area (Å²) in [4.78, 5) is 11.7. The summed E-state index contributed by atoms with van der Waals surface area (Å²) in [6.45, 7) is 4.12. The average molecular weight is 220 g/mol. The second-order valence-corrected chi connectivity index (χ2v) is 4.58. The van der Waals surface area contributed by atoms with Crippen molar-refractivity contribution in [2.24, 2.45) is 5.41 Å². The Kier molecular flexibility index (Phi) is 2.59. The van der Waals surface area contributed by atoms with Gasteiger partial charge < -0.3 is 5.11 Å². The first-order chi connectivity index (χ1) is 7.55. The number of aliphatic hydroxyl groups excluding tert-OH is 1. The fraction of sp³-hybridized carbons (Fsp3) is 0.417. The highest BCUT2D eigenvalue weighted by Gasteiger charge is 2.41. The minimum Gasteiger partial charge on any atom is -0.395 e. The summed E-state index contributed by atoms with van der Waals surface area (Å²) < 4.78 is 0. The third kappa shape index (κ3) is 1.76. The molecule has 0 aliphatic carbocycles. The Morgan fingerprint density at radius 3 is 2.88 bits per heavy atom. The molecule has 4 heteroatoms. The molecule has 1 aliphatic heterocycles. The molecule has 2 N–H and O–H groups in total. The number of carbonyl (C=O) groups excluding carboxylic acids is 1. The summed E-state index contributed by atoms with van der Waals surface area (Å²) in [5.74, 6) is -0.128. The van der Waals surface area contributed by atoms with Gasteiger partial charge in [0.05, 0.1) is 24.3 Å². The Labute approximate surface area is 94.9 Å². The predicted octanol–water partition coefficient (Wildman–Crippen LogP) is 0.845. The van der Waals surface area contributed by atoms with Gasteiger partial charge in [-0.2, -0.15) is 0 Å².